The molecule has 0 saturated carbocycles. The first-order valence-corrected chi connectivity index (χ1v) is 8.25. The lowest BCUT2D eigenvalue weighted by Gasteiger charge is -2.15. The number of benzene rings is 1. The van der Waals surface area contributed by atoms with E-state index in [-0.39, 0.29) is 11.9 Å². The predicted molar refractivity (Wildman–Crippen MR) is 89.7 cm³/mol. The van der Waals surface area contributed by atoms with Crippen molar-refractivity contribution >= 4 is 16.8 Å². The summed E-state index contributed by atoms with van der Waals surface area (Å²) in [4.78, 5) is 12.7. The maximum atomic E-state index is 12.7. The topological polar surface area (TPSA) is 77.6 Å². The van der Waals surface area contributed by atoms with Crippen LogP contribution in [0.3, 0.4) is 0 Å². The van der Waals surface area contributed by atoms with Crippen LogP contribution in [0.1, 0.15) is 35.0 Å². The van der Waals surface area contributed by atoms with Gasteiger partial charge in [-0.2, -0.15) is 5.10 Å². The molecule has 1 unspecified atom stereocenters. The number of rotatable bonds is 2. The van der Waals surface area contributed by atoms with Crippen LogP contribution in [-0.4, -0.2) is 36.5 Å². The number of para-hydroxylation sites is 1. The molecule has 0 bridgehead atoms. The fourth-order valence-corrected chi connectivity index (χ4v) is 3.41. The maximum Gasteiger partial charge on any atom is 0.272 e. The molecule has 1 N–H and O–H groups in total. The molecule has 1 atom stereocenters. The number of aromatic nitrogens is 5. The molecule has 1 aliphatic heterocycles. The summed E-state index contributed by atoms with van der Waals surface area (Å²) in [5, 5.41) is 16.8. The van der Waals surface area contributed by atoms with E-state index in [0.29, 0.717) is 5.69 Å². The molecule has 0 fully saturated rings. The van der Waals surface area contributed by atoms with E-state index in [9.17, 15) is 4.79 Å². The van der Waals surface area contributed by atoms with Crippen molar-refractivity contribution in [1.82, 2.24) is 29.9 Å². The van der Waals surface area contributed by atoms with E-state index in [1.54, 1.807) is 4.68 Å². The van der Waals surface area contributed by atoms with Crippen molar-refractivity contribution in [2.24, 2.45) is 7.05 Å². The zero-order chi connectivity index (χ0) is 16.7. The average molecular weight is 324 g/mol. The quantitative estimate of drug-likeness (QED) is 0.777. The van der Waals surface area contributed by atoms with Gasteiger partial charge in [0, 0.05) is 31.4 Å². The number of hydrogen-bond acceptors (Lipinski definition) is 4. The number of carbonyl (C=O) groups is 1. The molecule has 3 aromatic rings. The third-order valence-corrected chi connectivity index (χ3v) is 4.74. The Labute approximate surface area is 139 Å². The van der Waals surface area contributed by atoms with Crippen LogP contribution in [0.15, 0.2) is 24.3 Å². The first-order chi connectivity index (χ1) is 11.6. The van der Waals surface area contributed by atoms with Crippen LogP contribution in [0, 0.1) is 6.92 Å². The molecule has 124 valence electrons. The first-order valence-electron chi connectivity index (χ1n) is 8.25. The van der Waals surface area contributed by atoms with Crippen molar-refractivity contribution in [3.8, 4) is 0 Å². The second kappa shape index (κ2) is 5.74. The number of nitrogens with zero attached hydrogens (tertiary/aromatic N) is 5. The zero-order valence-corrected chi connectivity index (χ0v) is 13.9. The van der Waals surface area contributed by atoms with Crippen LogP contribution >= 0.6 is 0 Å². The summed E-state index contributed by atoms with van der Waals surface area (Å²) in [5.74, 6) is 1.84. The van der Waals surface area contributed by atoms with Gasteiger partial charge in [-0.15, -0.1) is 10.2 Å². The van der Waals surface area contributed by atoms with Gasteiger partial charge in [-0.25, -0.2) is 0 Å². The lowest BCUT2D eigenvalue weighted by Crippen LogP contribution is -2.35. The fraction of sp³-hybridized carbons (Fsp3) is 0.412. The molecule has 1 amide bonds. The van der Waals surface area contributed by atoms with Gasteiger partial charge in [-0.3, -0.25) is 9.48 Å². The summed E-state index contributed by atoms with van der Waals surface area (Å²) in [6, 6.07) is 7.92. The standard InChI is InChI=1S/C17H20N6O/c1-11-19-20-15-8-7-12(9-10-23(11)15)18-17(24)16-13-5-3-4-6-14(13)22(2)21-16/h3-6,12H,7-10H2,1-2H3,(H,18,24). The van der Waals surface area contributed by atoms with Gasteiger partial charge in [-0.1, -0.05) is 18.2 Å². The summed E-state index contributed by atoms with van der Waals surface area (Å²) < 4.78 is 3.89. The minimum atomic E-state index is -0.105. The lowest BCUT2D eigenvalue weighted by molar-refractivity contribution is 0.0928. The maximum absolute atomic E-state index is 12.7. The molecule has 4 rings (SSSR count). The predicted octanol–water partition coefficient (Wildman–Crippen LogP) is 1.61. The molecule has 0 radical (unpaired) electrons. The van der Waals surface area contributed by atoms with Gasteiger partial charge in [0.2, 0.25) is 0 Å². The van der Waals surface area contributed by atoms with Gasteiger partial charge in [0.05, 0.1) is 5.52 Å². The molecule has 0 spiro atoms. The Morgan fingerprint density at radius 1 is 1.25 bits per heavy atom. The molecule has 2 aromatic heterocycles. The third kappa shape index (κ3) is 2.46. The smallest absolute Gasteiger partial charge is 0.272 e. The Morgan fingerprint density at radius 2 is 2.08 bits per heavy atom. The number of amides is 1. The molecule has 3 heterocycles. The second-order valence-corrected chi connectivity index (χ2v) is 6.30. The van der Waals surface area contributed by atoms with E-state index < -0.39 is 0 Å². The summed E-state index contributed by atoms with van der Waals surface area (Å²) >= 11 is 0. The van der Waals surface area contributed by atoms with Crippen molar-refractivity contribution in [2.45, 2.75) is 38.8 Å². The van der Waals surface area contributed by atoms with E-state index in [1.165, 1.54) is 0 Å². The molecular formula is C17H20N6O. The Hall–Kier alpha value is -2.70. The van der Waals surface area contributed by atoms with E-state index in [0.717, 1.165) is 48.4 Å². The number of carbonyl (C=O) groups excluding carboxylic acids is 1. The highest BCUT2D eigenvalue weighted by atomic mass is 16.2. The molecule has 0 saturated heterocycles. The SMILES string of the molecule is Cc1nnc2n1CCC(NC(=O)c1nn(C)c3ccccc13)CC2. The summed E-state index contributed by atoms with van der Waals surface area (Å²) in [5.41, 5.74) is 1.46. The van der Waals surface area contributed by atoms with Crippen LogP contribution in [0.5, 0.6) is 0 Å². The van der Waals surface area contributed by atoms with Gasteiger partial charge in [0.25, 0.3) is 5.91 Å². The minimum Gasteiger partial charge on any atom is -0.348 e. The van der Waals surface area contributed by atoms with Gasteiger partial charge >= 0.3 is 0 Å². The number of fused-ring (bicyclic) bond motifs is 2. The largest absolute Gasteiger partial charge is 0.348 e. The molecule has 1 aliphatic rings. The molecule has 0 aliphatic carbocycles. The van der Waals surface area contributed by atoms with Gasteiger partial charge in [0.1, 0.15) is 11.6 Å². The van der Waals surface area contributed by atoms with Crippen LogP contribution in [0.25, 0.3) is 10.9 Å². The molecule has 1 aromatic carbocycles. The van der Waals surface area contributed by atoms with E-state index >= 15 is 0 Å². The van der Waals surface area contributed by atoms with Crippen molar-refractivity contribution in [3.05, 3.63) is 41.6 Å². The van der Waals surface area contributed by atoms with Crippen molar-refractivity contribution in [2.75, 3.05) is 0 Å². The highest BCUT2D eigenvalue weighted by Crippen LogP contribution is 2.19. The summed E-state index contributed by atoms with van der Waals surface area (Å²) in [6.45, 7) is 2.80. The highest BCUT2D eigenvalue weighted by Gasteiger charge is 2.23. The molecule has 24 heavy (non-hydrogen) atoms. The van der Waals surface area contributed by atoms with Gasteiger partial charge < -0.3 is 9.88 Å². The third-order valence-electron chi connectivity index (χ3n) is 4.74. The lowest BCUT2D eigenvalue weighted by atomic mass is 10.1. The van der Waals surface area contributed by atoms with Gasteiger partial charge in [0.15, 0.2) is 5.69 Å². The Balaban J connectivity index is 1.52. The minimum absolute atomic E-state index is 0.105. The monoisotopic (exact) mass is 324 g/mol. The Kier molecular flexibility index (Phi) is 3.55. The van der Waals surface area contributed by atoms with E-state index in [1.807, 2.05) is 38.2 Å². The Morgan fingerprint density at radius 3 is 2.96 bits per heavy atom. The fourth-order valence-electron chi connectivity index (χ4n) is 3.41. The number of aryl methyl sites for hydroxylation is 3. The van der Waals surface area contributed by atoms with E-state index in [4.69, 9.17) is 0 Å². The summed E-state index contributed by atoms with van der Waals surface area (Å²) in [6.07, 6.45) is 2.58. The van der Waals surface area contributed by atoms with Crippen LogP contribution < -0.4 is 5.32 Å². The zero-order valence-electron chi connectivity index (χ0n) is 13.9. The molecule has 7 nitrogen and oxygen atoms in total. The van der Waals surface area contributed by atoms with Crippen LogP contribution in [-0.2, 0) is 20.0 Å². The first kappa shape index (κ1) is 14.9. The summed E-state index contributed by atoms with van der Waals surface area (Å²) in [7, 11) is 1.86. The molecular weight excluding hydrogens is 304 g/mol. The van der Waals surface area contributed by atoms with Crippen molar-refractivity contribution < 1.29 is 4.79 Å². The molecule has 7 heteroatoms. The highest BCUT2D eigenvalue weighted by molar-refractivity contribution is 6.04. The second-order valence-electron chi connectivity index (χ2n) is 6.30. The number of nitrogens with one attached hydrogen (secondary N) is 1. The van der Waals surface area contributed by atoms with Crippen molar-refractivity contribution in [1.29, 1.82) is 0 Å². The number of hydrogen-bond donors (Lipinski definition) is 1. The van der Waals surface area contributed by atoms with Crippen molar-refractivity contribution in [3.63, 3.8) is 0 Å². The average Bonchev–Trinajstić information content (AvgIpc) is 3.03. The van der Waals surface area contributed by atoms with Gasteiger partial charge in [-0.05, 0) is 25.8 Å². The van der Waals surface area contributed by atoms with Crippen LogP contribution in [0.4, 0.5) is 0 Å². The van der Waals surface area contributed by atoms with E-state index in [2.05, 4.69) is 25.2 Å². The Bertz CT molecular complexity index is 909. The normalized spacial score (nSPS) is 17.5. The van der Waals surface area contributed by atoms with Crippen LogP contribution in [0.2, 0.25) is 0 Å².